The first-order valence-electron chi connectivity index (χ1n) is 6.90. The van der Waals surface area contributed by atoms with Gasteiger partial charge < -0.3 is 10.6 Å². The van der Waals surface area contributed by atoms with Crippen LogP contribution in [0, 0.1) is 5.92 Å². The zero-order valence-electron chi connectivity index (χ0n) is 12.4. The summed E-state index contributed by atoms with van der Waals surface area (Å²) in [6.07, 6.45) is 1.19. The molecule has 1 atom stereocenters. The van der Waals surface area contributed by atoms with Crippen molar-refractivity contribution in [2.45, 2.75) is 46.6 Å². The number of pyridine rings is 1. The molecule has 1 aromatic heterocycles. The van der Waals surface area contributed by atoms with E-state index in [1.165, 1.54) is 12.0 Å². The first kappa shape index (κ1) is 15.0. The summed E-state index contributed by atoms with van der Waals surface area (Å²) in [6.45, 7) is 10.4. The average Bonchev–Trinajstić information content (AvgIpc) is 2.37. The molecule has 102 valence electrons. The van der Waals surface area contributed by atoms with Gasteiger partial charge in [-0.3, -0.25) is 0 Å². The molecule has 0 aliphatic carbocycles. The van der Waals surface area contributed by atoms with E-state index >= 15 is 0 Å². The summed E-state index contributed by atoms with van der Waals surface area (Å²) in [5, 5.41) is 0. The van der Waals surface area contributed by atoms with Gasteiger partial charge in [-0.1, -0.05) is 34.1 Å². The molecule has 2 N–H and O–H groups in total. The number of anilines is 1. The minimum absolute atomic E-state index is 0.437. The molecule has 1 heterocycles. The molecule has 0 saturated carbocycles. The molecule has 1 aromatic rings. The molecule has 0 fully saturated rings. The summed E-state index contributed by atoms with van der Waals surface area (Å²) < 4.78 is 0. The van der Waals surface area contributed by atoms with Gasteiger partial charge in [-0.15, -0.1) is 0 Å². The molecule has 0 spiro atoms. The van der Waals surface area contributed by atoms with E-state index in [4.69, 9.17) is 10.7 Å². The summed E-state index contributed by atoms with van der Waals surface area (Å²) in [5.74, 6) is 2.16. The summed E-state index contributed by atoms with van der Waals surface area (Å²) in [7, 11) is 2.11. The van der Waals surface area contributed by atoms with Crippen molar-refractivity contribution in [1.29, 1.82) is 0 Å². The molecule has 3 nitrogen and oxygen atoms in total. The van der Waals surface area contributed by atoms with Gasteiger partial charge in [-0.25, -0.2) is 4.98 Å². The third-order valence-electron chi connectivity index (χ3n) is 3.39. The Hall–Kier alpha value is -1.09. The zero-order valence-corrected chi connectivity index (χ0v) is 12.4. The molecule has 18 heavy (non-hydrogen) atoms. The van der Waals surface area contributed by atoms with Gasteiger partial charge in [0.15, 0.2) is 0 Å². The highest BCUT2D eigenvalue weighted by molar-refractivity contribution is 5.42. The van der Waals surface area contributed by atoms with Crippen LogP contribution in [0.4, 0.5) is 5.82 Å². The van der Waals surface area contributed by atoms with Crippen LogP contribution in [0.1, 0.15) is 51.3 Å². The summed E-state index contributed by atoms with van der Waals surface area (Å²) in [5.41, 5.74) is 8.06. The van der Waals surface area contributed by atoms with Crippen LogP contribution in [0.3, 0.4) is 0 Å². The number of rotatable bonds is 6. The van der Waals surface area contributed by atoms with Crippen LogP contribution in [0.15, 0.2) is 12.1 Å². The van der Waals surface area contributed by atoms with Crippen LogP contribution in [-0.4, -0.2) is 18.6 Å². The number of aromatic nitrogens is 1. The molecule has 3 heteroatoms. The van der Waals surface area contributed by atoms with Crippen molar-refractivity contribution in [3.63, 3.8) is 0 Å². The van der Waals surface area contributed by atoms with E-state index in [-0.39, 0.29) is 0 Å². The van der Waals surface area contributed by atoms with Gasteiger partial charge in [0, 0.05) is 25.8 Å². The normalized spacial score (nSPS) is 12.8. The van der Waals surface area contributed by atoms with Crippen molar-refractivity contribution in [3.8, 4) is 0 Å². The second-order valence-electron chi connectivity index (χ2n) is 5.51. The van der Waals surface area contributed by atoms with Crippen LogP contribution >= 0.6 is 0 Å². The van der Waals surface area contributed by atoms with Crippen molar-refractivity contribution < 1.29 is 0 Å². The largest absolute Gasteiger partial charge is 0.359 e. The minimum atomic E-state index is 0.437. The monoisotopic (exact) mass is 249 g/mol. The summed E-state index contributed by atoms with van der Waals surface area (Å²) in [6, 6.07) is 4.22. The third kappa shape index (κ3) is 3.98. The molecule has 0 aromatic carbocycles. The van der Waals surface area contributed by atoms with Gasteiger partial charge in [0.1, 0.15) is 5.82 Å². The van der Waals surface area contributed by atoms with Crippen molar-refractivity contribution in [3.05, 3.63) is 23.4 Å². The van der Waals surface area contributed by atoms with Gasteiger partial charge in [0.2, 0.25) is 0 Å². The first-order chi connectivity index (χ1) is 8.47. The summed E-state index contributed by atoms with van der Waals surface area (Å²) in [4.78, 5) is 6.97. The van der Waals surface area contributed by atoms with Crippen LogP contribution in [0.5, 0.6) is 0 Å². The van der Waals surface area contributed by atoms with E-state index in [0.717, 1.165) is 18.1 Å². The Morgan fingerprint density at radius 3 is 2.44 bits per heavy atom. The van der Waals surface area contributed by atoms with E-state index in [9.17, 15) is 0 Å². The first-order valence-corrected chi connectivity index (χ1v) is 6.90. The number of hydrogen-bond donors (Lipinski definition) is 1. The molecule has 0 bridgehead atoms. The summed E-state index contributed by atoms with van der Waals surface area (Å²) >= 11 is 0. The lowest BCUT2D eigenvalue weighted by Gasteiger charge is -2.23. The zero-order chi connectivity index (χ0) is 13.7. The molecule has 0 aliphatic rings. The lowest BCUT2D eigenvalue weighted by Crippen LogP contribution is -2.25. The van der Waals surface area contributed by atoms with E-state index in [1.807, 2.05) is 0 Å². The van der Waals surface area contributed by atoms with Crippen LogP contribution in [0.25, 0.3) is 0 Å². The van der Waals surface area contributed by atoms with Crippen molar-refractivity contribution in [2.75, 3.05) is 18.5 Å². The Labute approximate surface area is 111 Å². The Balaban J connectivity index is 2.96. The topological polar surface area (TPSA) is 42.1 Å². The molecule has 1 unspecified atom stereocenters. The van der Waals surface area contributed by atoms with Crippen molar-refractivity contribution in [1.82, 2.24) is 4.98 Å². The molecule has 0 amide bonds. The Bertz CT molecular complexity index is 374. The second kappa shape index (κ2) is 6.74. The highest BCUT2D eigenvalue weighted by Crippen LogP contribution is 2.20. The van der Waals surface area contributed by atoms with Crippen LogP contribution in [0.2, 0.25) is 0 Å². The number of nitrogens with zero attached hydrogens (tertiary/aromatic N) is 2. The smallest absolute Gasteiger partial charge is 0.128 e. The van der Waals surface area contributed by atoms with Gasteiger partial charge in [-0.2, -0.15) is 0 Å². The van der Waals surface area contributed by atoms with Crippen LogP contribution in [-0.2, 0) is 6.54 Å². The molecule has 0 saturated heterocycles. The lowest BCUT2D eigenvalue weighted by atomic mass is 10.1. The fourth-order valence-corrected chi connectivity index (χ4v) is 1.89. The lowest BCUT2D eigenvalue weighted by molar-refractivity contribution is 0.557. The quantitative estimate of drug-likeness (QED) is 0.842. The standard InChI is InChI=1S/C15H27N3/c1-6-12(4)10-18(5)15-8-13(9-16)7-14(17-15)11(2)3/h7-8,11-12H,6,9-10,16H2,1-5H3. The average molecular weight is 249 g/mol. The van der Waals surface area contributed by atoms with Gasteiger partial charge in [0.25, 0.3) is 0 Å². The third-order valence-corrected chi connectivity index (χ3v) is 3.39. The van der Waals surface area contributed by atoms with Gasteiger partial charge in [0.05, 0.1) is 0 Å². The minimum Gasteiger partial charge on any atom is -0.359 e. The Morgan fingerprint density at radius 2 is 1.94 bits per heavy atom. The molecule has 1 rings (SSSR count). The number of hydrogen-bond acceptors (Lipinski definition) is 3. The molecule has 0 aliphatic heterocycles. The Morgan fingerprint density at radius 1 is 1.28 bits per heavy atom. The fraction of sp³-hybridized carbons (Fsp3) is 0.667. The van der Waals surface area contributed by atoms with Crippen LogP contribution < -0.4 is 10.6 Å². The van der Waals surface area contributed by atoms with E-state index in [0.29, 0.717) is 18.4 Å². The van der Waals surface area contributed by atoms with Gasteiger partial charge >= 0.3 is 0 Å². The van der Waals surface area contributed by atoms with E-state index in [2.05, 4.69) is 51.8 Å². The van der Waals surface area contributed by atoms with Gasteiger partial charge in [-0.05, 0) is 29.5 Å². The van der Waals surface area contributed by atoms with E-state index in [1.54, 1.807) is 0 Å². The van der Waals surface area contributed by atoms with E-state index < -0.39 is 0 Å². The SMILES string of the molecule is CCC(C)CN(C)c1cc(CN)cc(C(C)C)n1. The maximum Gasteiger partial charge on any atom is 0.128 e. The second-order valence-corrected chi connectivity index (χ2v) is 5.51. The highest BCUT2D eigenvalue weighted by Gasteiger charge is 2.10. The predicted molar refractivity (Wildman–Crippen MR) is 78.9 cm³/mol. The van der Waals surface area contributed by atoms with Crippen molar-refractivity contribution in [2.24, 2.45) is 11.7 Å². The Kier molecular flexibility index (Phi) is 5.60. The molecular weight excluding hydrogens is 222 g/mol. The number of nitrogens with two attached hydrogens (primary N) is 1. The maximum absolute atomic E-state index is 5.77. The predicted octanol–water partition coefficient (Wildman–Crippen LogP) is 3.15. The highest BCUT2D eigenvalue weighted by atomic mass is 15.2. The fourth-order valence-electron chi connectivity index (χ4n) is 1.89. The maximum atomic E-state index is 5.77. The molecular formula is C15H27N3. The molecule has 0 radical (unpaired) electrons. The van der Waals surface area contributed by atoms with Crippen molar-refractivity contribution >= 4 is 5.82 Å².